The second-order valence-electron chi connectivity index (χ2n) is 1.72. The third-order valence-corrected chi connectivity index (χ3v) is 2.66. The van der Waals surface area contributed by atoms with Gasteiger partial charge in [-0.15, -0.1) is 11.3 Å². The van der Waals surface area contributed by atoms with Crippen molar-refractivity contribution in [2.45, 2.75) is 18.7 Å². The molecule has 0 aliphatic carbocycles. The van der Waals surface area contributed by atoms with Crippen molar-refractivity contribution in [3.05, 3.63) is 16.1 Å². The number of hydrogen-bond donors (Lipinski definition) is 0. The van der Waals surface area contributed by atoms with Crippen molar-refractivity contribution in [1.82, 2.24) is 4.98 Å². The SMILES string of the molecule is CCc1nc(CBr)cs1. The Hall–Kier alpha value is 0.110. The summed E-state index contributed by atoms with van der Waals surface area (Å²) in [5, 5.41) is 4.20. The Labute approximate surface area is 67.3 Å². The molecule has 50 valence electrons. The third kappa shape index (κ3) is 1.76. The lowest BCUT2D eigenvalue weighted by molar-refractivity contribution is 1.06. The maximum atomic E-state index is 4.32. The number of aryl methyl sites for hydroxylation is 1. The molecular formula is C6H8BrNS. The molecule has 9 heavy (non-hydrogen) atoms. The van der Waals surface area contributed by atoms with E-state index in [2.05, 4.69) is 33.2 Å². The van der Waals surface area contributed by atoms with Crippen molar-refractivity contribution in [2.75, 3.05) is 0 Å². The van der Waals surface area contributed by atoms with Gasteiger partial charge in [0.1, 0.15) is 0 Å². The van der Waals surface area contributed by atoms with E-state index in [1.807, 2.05) is 0 Å². The lowest BCUT2D eigenvalue weighted by Gasteiger charge is -1.82. The summed E-state index contributed by atoms with van der Waals surface area (Å²) in [7, 11) is 0. The van der Waals surface area contributed by atoms with Gasteiger partial charge in [-0.3, -0.25) is 0 Å². The summed E-state index contributed by atoms with van der Waals surface area (Å²) in [4.78, 5) is 4.32. The number of hydrogen-bond acceptors (Lipinski definition) is 2. The molecule has 0 bridgehead atoms. The van der Waals surface area contributed by atoms with E-state index in [9.17, 15) is 0 Å². The van der Waals surface area contributed by atoms with E-state index in [1.165, 1.54) is 5.01 Å². The van der Waals surface area contributed by atoms with Crippen LogP contribution in [-0.4, -0.2) is 4.98 Å². The lowest BCUT2D eigenvalue weighted by atomic mass is 10.5. The molecule has 3 heteroatoms. The molecule has 0 spiro atoms. The van der Waals surface area contributed by atoms with Gasteiger partial charge in [0.25, 0.3) is 0 Å². The van der Waals surface area contributed by atoms with Crippen LogP contribution in [0.1, 0.15) is 17.6 Å². The Bertz CT molecular complexity index is 166. The fraction of sp³-hybridized carbons (Fsp3) is 0.500. The van der Waals surface area contributed by atoms with E-state index in [0.29, 0.717) is 0 Å². The summed E-state index contributed by atoms with van der Waals surface area (Å²) in [6.45, 7) is 2.12. The van der Waals surface area contributed by atoms with E-state index in [4.69, 9.17) is 0 Å². The largest absolute Gasteiger partial charge is 0.245 e. The highest BCUT2D eigenvalue weighted by Gasteiger charge is 1.95. The van der Waals surface area contributed by atoms with Crippen molar-refractivity contribution in [3.8, 4) is 0 Å². The second kappa shape index (κ2) is 3.32. The number of aromatic nitrogens is 1. The van der Waals surface area contributed by atoms with Gasteiger partial charge in [-0.2, -0.15) is 0 Å². The number of nitrogens with zero attached hydrogens (tertiary/aromatic N) is 1. The predicted molar refractivity (Wildman–Crippen MR) is 44.1 cm³/mol. The predicted octanol–water partition coefficient (Wildman–Crippen LogP) is 2.60. The zero-order valence-corrected chi connectivity index (χ0v) is 7.63. The van der Waals surface area contributed by atoms with Crippen molar-refractivity contribution < 1.29 is 0 Å². The van der Waals surface area contributed by atoms with E-state index >= 15 is 0 Å². The van der Waals surface area contributed by atoms with E-state index < -0.39 is 0 Å². The Morgan fingerprint density at radius 1 is 1.78 bits per heavy atom. The molecule has 0 N–H and O–H groups in total. The molecule has 0 saturated carbocycles. The van der Waals surface area contributed by atoms with E-state index in [0.717, 1.165) is 17.4 Å². The quantitative estimate of drug-likeness (QED) is 0.677. The maximum Gasteiger partial charge on any atom is 0.0925 e. The third-order valence-electron chi connectivity index (χ3n) is 1.04. The van der Waals surface area contributed by atoms with Crippen molar-refractivity contribution in [2.24, 2.45) is 0 Å². The van der Waals surface area contributed by atoms with Gasteiger partial charge in [0.05, 0.1) is 10.7 Å². The van der Waals surface area contributed by atoms with Crippen LogP contribution in [0.5, 0.6) is 0 Å². The standard InChI is InChI=1S/C6H8BrNS/c1-2-6-8-5(3-7)4-9-6/h4H,2-3H2,1H3. The van der Waals surface area contributed by atoms with Gasteiger partial charge in [-0.25, -0.2) is 4.98 Å². The van der Waals surface area contributed by atoms with Crippen molar-refractivity contribution >= 4 is 27.3 Å². The van der Waals surface area contributed by atoms with E-state index in [-0.39, 0.29) is 0 Å². The first-order valence-corrected chi connectivity index (χ1v) is 4.86. The minimum absolute atomic E-state index is 0.878. The fourth-order valence-corrected chi connectivity index (χ4v) is 1.82. The zero-order chi connectivity index (χ0) is 6.69. The topological polar surface area (TPSA) is 12.9 Å². The number of alkyl halides is 1. The summed E-state index contributed by atoms with van der Waals surface area (Å²) in [6.07, 6.45) is 1.05. The van der Waals surface area contributed by atoms with Crippen LogP contribution in [0.25, 0.3) is 0 Å². The molecule has 0 saturated heterocycles. The van der Waals surface area contributed by atoms with Crippen LogP contribution in [0.3, 0.4) is 0 Å². The molecule has 0 amide bonds. The first kappa shape index (κ1) is 7.22. The van der Waals surface area contributed by atoms with Gasteiger partial charge in [0, 0.05) is 10.7 Å². The molecule has 0 aliphatic heterocycles. The molecule has 0 aromatic carbocycles. The van der Waals surface area contributed by atoms with Crippen LogP contribution in [0.2, 0.25) is 0 Å². The summed E-state index contributed by atoms with van der Waals surface area (Å²) in [5.41, 5.74) is 1.15. The van der Waals surface area contributed by atoms with Gasteiger partial charge in [0.2, 0.25) is 0 Å². The normalized spacial score (nSPS) is 10.0. The average Bonchev–Trinajstić information content (AvgIpc) is 2.34. The number of rotatable bonds is 2. The highest BCUT2D eigenvalue weighted by molar-refractivity contribution is 9.08. The molecule has 0 aliphatic rings. The molecule has 1 aromatic rings. The maximum absolute atomic E-state index is 4.32. The minimum atomic E-state index is 0.878. The van der Waals surface area contributed by atoms with E-state index in [1.54, 1.807) is 11.3 Å². The summed E-state index contributed by atoms with van der Waals surface area (Å²) in [6, 6.07) is 0. The highest BCUT2D eigenvalue weighted by Crippen LogP contribution is 2.11. The van der Waals surface area contributed by atoms with Gasteiger partial charge in [-0.05, 0) is 6.42 Å². The molecule has 0 unspecified atom stereocenters. The summed E-state index contributed by atoms with van der Waals surface area (Å²) < 4.78 is 0. The van der Waals surface area contributed by atoms with Gasteiger partial charge in [0.15, 0.2) is 0 Å². The molecule has 1 rings (SSSR count). The molecule has 0 radical (unpaired) electrons. The Morgan fingerprint density at radius 3 is 2.89 bits per heavy atom. The Balaban J connectivity index is 2.74. The van der Waals surface area contributed by atoms with Crippen LogP contribution in [0.15, 0.2) is 5.38 Å². The molecule has 0 fully saturated rings. The van der Waals surface area contributed by atoms with Gasteiger partial charge in [-0.1, -0.05) is 22.9 Å². The molecule has 1 nitrogen and oxygen atoms in total. The Kier molecular flexibility index (Phi) is 2.66. The van der Waals surface area contributed by atoms with Gasteiger partial charge < -0.3 is 0 Å². The fourth-order valence-electron chi connectivity index (χ4n) is 0.573. The van der Waals surface area contributed by atoms with Crippen LogP contribution >= 0.6 is 27.3 Å². The average molecular weight is 206 g/mol. The number of thiazole rings is 1. The van der Waals surface area contributed by atoms with Crippen LogP contribution in [0.4, 0.5) is 0 Å². The zero-order valence-electron chi connectivity index (χ0n) is 5.22. The lowest BCUT2D eigenvalue weighted by Crippen LogP contribution is -1.78. The van der Waals surface area contributed by atoms with Crippen molar-refractivity contribution in [1.29, 1.82) is 0 Å². The van der Waals surface area contributed by atoms with Crippen LogP contribution < -0.4 is 0 Å². The molecule has 1 aromatic heterocycles. The summed E-state index contributed by atoms with van der Waals surface area (Å²) >= 11 is 5.08. The first-order chi connectivity index (χ1) is 4.36. The first-order valence-electron chi connectivity index (χ1n) is 2.86. The molecule has 0 atom stereocenters. The van der Waals surface area contributed by atoms with Crippen molar-refractivity contribution in [3.63, 3.8) is 0 Å². The van der Waals surface area contributed by atoms with Crippen LogP contribution in [0, 0.1) is 0 Å². The second-order valence-corrected chi connectivity index (χ2v) is 3.22. The molecule has 1 heterocycles. The van der Waals surface area contributed by atoms with Crippen LogP contribution in [-0.2, 0) is 11.8 Å². The highest BCUT2D eigenvalue weighted by atomic mass is 79.9. The monoisotopic (exact) mass is 205 g/mol. The summed E-state index contributed by atoms with van der Waals surface area (Å²) in [5.74, 6) is 0. The molecular weight excluding hydrogens is 198 g/mol. The number of halogens is 1. The Morgan fingerprint density at radius 2 is 2.56 bits per heavy atom. The smallest absolute Gasteiger partial charge is 0.0925 e. The minimum Gasteiger partial charge on any atom is -0.245 e. The van der Waals surface area contributed by atoms with Gasteiger partial charge >= 0.3 is 0 Å².